The Morgan fingerprint density at radius 2 is 1.79 bits per heavy atom. The van der Waals surface area contributed by atoms with Crippen molar-refractivity contribution >= 4 is 23.4 Å². The summed E-state index contributed by atoms with van der Waals surface area (Å²) in [6, 6.07) is 24.8. The Labute approximate surface area is 224 Å². The minimum absolute atomic E-state index is 0.204. The molecule has 6 nitrogen and oxygen atoms in total. The predicted molar refractivity (Wildman–Crippen MR) is 149 cm³/mol. The fourth-order valence-electron chi connectivity index (χ4n) is 4.44. The number of esters is 1. The normalized spacial score (nSPS) is 15.1. The van der Waals surface area contributed by atoms with E-state index in [0.717, 1.165) is 22.3 Å². The van der Waals surface area contributed by atoms with Crippen molar-refractivity contribution in [3.8, 4) is 5.75 Å². The number of rotatable bonds is 7. The van der Waals surface area contributed by atoms with Gasteiger partial charge in [0.25, 0.3) is 5.56 Å². The highest BCUT2D eigenvalue weighted by Gasteiger charge is 2.33. The second-order valence-corrected chi connectivity index (χ2v) is 10.1. The van der Waals surface area contributed by atoms with Crippen molar-refractivity contribution in [1.29, 1.82) is 0 Å². The van der Waals surface area contributed by atoms with E-state index >= 15 is 0 Å². The Bertz CT molecular complexity index is 1680. The molecule has 1 atom stereocenters. The summed E-state index contributed by atoms with van der Waals surface area (Å²) in [5.74, 6) is 0.255. The van der Waals surface area contributed by atoms with E-state index in [1.54, 1.807) is 18.4 Å². The van der Waals surface area contributed by atoms with E-state index in [1.807, 2.05) is 91.9 Å². The average Bonchev–Trinajstić information content (AvgIpc) is 3.22. The molecule has 7 heteroatoms. The summed E-state index contributed by atoms with van der Waals surface area (Å²) in [7, 11) is 0. The van der Waals surface area contributed by atoms with Crippen LogP contribution < -0.4 is 19.6 Å². The van der Waals surface area contributed by atoms with Gasteiger partial charge in [-0.15, -0.1) is 0 Å². The van der Waals surface area contributed by atoms with Crippen LogP contribution in [0.15, 0.2) is 99.9 Å². The van der Waals surface area contributed by atoms with E-state index in [1.165, 1.54) is 11.3 Å². The highest BCUT2D eigenvalue weighted by atomic mass is 32.1. The molecule has 0 fully saturated rings. The molecular formula is C31H28N2O4S. The fraction of sp³-hybridized carbons (Fsp3) is 0.194. The molecule has 0 spiro atoms. The lowest BCUT2D eigenvalue weighted by Crippen LogP contribution is -2.39. The number of aryl methyl sites for hydroxylation is 1. The average molecular weight is 525 g/mol. The zero-order valence-electron chi connectivity index (χ0n) is 21.5. The molecule has 38 heavy (non-hydrogen) atoms. The first kappa shape index (κ1) is 25.4. The SMILES string of the molecule is CCOC(=O)C1=C(C)N=c2s/c(=C\c3cccc(OCc4ccccc4)c3)c(=O)n2[C@H]1c1ccc(C)cc1. The Balaban J connectivity index is 1.55. The highest BCUT2D eigenvalue weighted by molar-refractivity contribution is 7.07. The number of ether oxygens (including phenoxy) is 2. The van der Waals surface area contributed by atoms with Crippen LogP contribution >= 0.6 is 11.3 Å². The van der Waals surface area contributed by atoms with Gasteiger partial charge in [0, 0.05) is 0 Å². The Hall–Kier alpha value is -4.23. The van der Waals surface area contributed by atoms with Gasteiger partial charge in [-0.2, -0.15) is 0 Å². The highest BCUT2D eigenvalue weighted by Crippen LogP contribution is 2.30. The number of hydrogen-bond donors (Lipinski definition) is 0. The summed E-state index contributed by atoms with van der Waals surface area (Å²) in [4.78, 5) is 32.0. The molecule has 0 amide bonds. The fourth-order valence-corrected chi connectivity index (χ4v) is 5.49. The summed E-state index contributed by atoms with van der Waals surface area (Å²) < 4.78 is 13.5. The van der Waals surface area contributed by atoms with Gasteiger partial charge < -0.3 is 9.47 Å². The van der Waals surface area contributed by atoms with Crippen LogP contribution in [0, 0.1) is 6.92 Å². The summed E-state index contributed by atoms with van der Waals surface area (Å²) in [5, 5.41) is 0. The molecule has 0 aliphatic carbocycles. The van der Waals surface area contributed by atoms with Crippen molar-refractivity contribution in [1.82, 2.24) is 4.57 Å². The lowest BCUT2D eigenvalue weighted by Gasteiger charge is -2.24. The quantitative estimate of drug-likeness (QED) is 0.329. The number of hydrogen-bond acceptors (Lipinski definition) is 6. The standard InChI is InChI=1S/C31H28N2O4S/c1-4-36-30(35)27-21(3)32-31-33(28(27)24-15-13-20(2)14-16-24)29(34)26(38-31)18-23-11-8-12-25(17-23)37-19-22-9-6-5-7-10-22/h5-18,28H,4,19H2,1-3H3/b26-18-/t28-/m0/s1. The lowest BCUT2D eigenvalue weighted by molar-refractivity contribution is -0.139. The van der Waals surface area contributed by atoms with Crippen LogP contribution in [-0.2, 0) is 16.1 Å². The predicted octanol–water partition coefficient (Wildman–Crippen LogP) is 4.69. The van der Waals surface area contributed by atoms with Gasteiger partial charge in [0.15, 0.2) is 4.80 Å². The molecule has 1 aliphatic rings. The molecule has 4 aromatic rings. The second-order valence-electron chi connectivity index (χ2n) is 9.06. The van der Waals surface area contributed by atoms with Crippen molar-refractivity contribution in [2.75, 3.05) is 6.61 Å². The van der Waals surface area contributed by atoms with Crippen LogP contribution in [0.1, 0.15) is 42.1 Å². The maximum Gasteiger partial charge on any atom is 0.338 e. The summed E-state index contributed by atoms with van der Waals surface area (Å²) >= 11 is 1.31. The van der Waals surface area contributed by atoms with Gasteiger partial charge in [-0.05, 0) is 55.7 Å². The van der Waals surface area contributed by atoms with Crippen molar-refractivity contribution < 1.29 is 14.3 Å². The second kappa shape index (κ2) is 11.0. The van der Waals surface area contributed by atoms with Crippen LogP contribution in [0.4, 0.5) is 0 Å². The van der Waals surface area contributed by atoms with Gasteiger partial charge in [-0.1, -0.05) is 83.6 Å². The molecule has 0 saturated heterocycles. The number of thiazole rings is 1. The van der Waals surface area contributed by atoms with Crippen molar-refractivity contribution in [2.45, 2.75) is 33.4 Å². The van der Waals surface area contributed by atoms with Gasteiger partial charge in [-0.3, -0.25) is 9.36 Å². The number of allylic oxidation sites excluding steroid dienone is 1. The van der Waals surface area contributed by atoms with Crippen LogP contribution in [-0.4, -0.2) is 17.1 Å². The molecular weight excluding hydrogens is 496 g/mol. The number of aromatic nitrogens is 1. The molecule has 192 valence electrons. The van der Waals surface area contributed by atoms with Crippen LogP contribution in [0.5, 0.6) is 5.75 Å². The summed E-state index contributed by atoms with van der Waals surface area (Å²) in [6.45, 7) is 6.25. The van der Waals surface area contributed by atoms with Crippen molar-refractivity contribution in [3.05, 3.63) is 132 Å². The number of benzene rings is 3. The van der Waals surface area contributed by atoms with Gasteiger partial charge in [0.2, 0.25) is 0 Å². The Morgan fingerprint density at radius 1 is 1.03 bits per heavy atom. The van der Waals surface area contributed by atoms with E-state index < -0.39 is 12.0 Å². The largest absolute Gasteiger partial charge is 0.489 e. The Kier molecular flexibility index (Phi) is 7.38. The molecule has 0 saturated carbocycles. The molecule has 0 N–H and O–H groups in total. The molecule has 2 heterocycles. The number of nitrogens with zero attached hydrogens (tertiary/aromatic N) is 2. The molecule has 0 radical (unpaired) electrons. The summed E-state index contributed by atoms with van der Waals surface area (Å²) in [5.41, 5.74) is 4.57. The molecule has 0 unspecified atom stereocenters. The third-order valence-electron chi connectivity index (χ3n) is 6.31. The first-order valence-electron chi connectivity index (χ1n) is 12.5. The van der Waals surface area contributed by atoms with E-state index in [9.17, 15) is 9.59 Å². The van der Waals surface area contributed by atoms with Crippen LogP contribution in [0.3, 0.4) is 0 Å². The lowest BCUT2D eigenvalue weighted by atomic mass is 9.95. The van der Waals surface area contributed by atoms with E-state index in [4.69, 9.17) is 9.47 Å². The number of fused-ring (bicyclic) bond motifs is 1. The molecule has 1 aliphatic heterocycles. The molecule has 0 bridgehead atoms. The number of carbonyl (C=O) groups is 1. The van der Waals surface area contributed by atoms with Crippen LogP contribution in [0.2, 0.25) is 0 Å². The van der Waals surface area contributed by atoms with E-state index in [-0.39, 0.29) is 12.2 Å². The smallest absolute Gasteiger partial charge is 0.338 e. The third-order valence-corrected chi connectivity index (χ3v) is 7.30. The molecule has 5 rings (SSSR count). The number of carbonyl (C=O) groups excluding carboxylic acids is 1. The Morgan fingerprint density at radius 3 is 2.53 bits per heavy atom. The van der Waals surface area contributed by atoms with Gasteiger partial charge in [0.1, 0.15) is 12.4 Å². The zero-order chi connectivity index (χ0) is 26.6. The minimum atomic E-state index is -0.617. The van der Waals surface area contributed by atoms with Gasteiger partial charge >= 0.3 is 5.97 Å². The van der Waals surface area contributed by atoms with Crippen LogP contribution in [0.25, 0.3) is 6.08 Å². The van der Waals surface area contributed by atoms with E-state index in [0.29, 0.717) is 33.0 Å². The third kappa shape index (κ3) is 5.24. The van der Waals surface area contributed by atoms with E-state index in [2.05, 4.69) is 4.99 Å². The molecule has 1 aromatic heterocycles. The minimum Gasteiger partial charge on any atom is -0.489 e. The first-order chi connectivity index (χ1) is 18.4. The maximum absolute atomic E-state index is 13.8. The summed E-state index contributed by atoms with van der Waals surface area (Å²) in [6.07, 6.45) is 1.84. The molecule has 3 aromatic carbocycles. The monoisotopic (exact) mass is 524 g/mol. The van der Waals surface area contributed by atoms with Crippen molar-refractivity contribution in [2.24, 2.45) is 4.99 Å². The first-order valence-corrected chi connectivity index (χ1v) is 13.3. The zero-order valence-corrected chi connectivity index (χ0v) is 22.3. The maximum atomic E-state index is 13.8. The van der Waals surface area contributed by atoms with Gasteiger partial charge in [-0.25, -0.2) is 9.79 Å². The van der Waals surface area contributed by atoms with Crippen molar-refractivity contribution in [3.63, 3.8) is 0 Å². The topological polar surface area (TPSA) is 69.9 Å². The van der Waals surface area contributed by atoms with Gasteiger partial charge in [0.05, 0.1) is 28.5 Å².